The van der Waals surface area contributed by atoms with E-state index in [1.807, 2.05) is 12.1 Å². The molecule has 2 N–H and O–H groups in total. The van der Waals surface area contributed by atoms with Crippen molar-refractivity contribution in [2.24, 2.45) is 0 Å². The average molecular weight is 279 g/mol. The molecule has 1 rings (SSSR count). The van der Waals surface area contributed by atoms with Crippen LogP contribution in [0.3, 0.4) is 0 Å². The largest absolute Gasteiger partial charge is 0.494 e. The molecule has 0 bridgehead atoms. The second kappa shape index (κ2) is 8.98. The minimum Gasteiger partial charge on any atom is -0.494 e. The Hall–Kier alpha value is -1.06. The Labute approximate surface area is 123 Å². The van der Waals surface area contributed by atoms with Gasteiger partial charge in [-0.2, -0.15) is 0 Å². The summed E-state index contributed by atoms with van der Waals surface area (Å²) in [5.74, 6) is 0.938. The smallest absolute Gasteiger partial charge is 0.119 e. The van der Waals surface area contributed by atoms with Crippen molar-refractivity contribution >= 4 is 0 Å². The molecule has 0 aliphatic rings. The monoisotopic (exact) mass is 279 g/mol. The van der Waals surface area contributed by atoms with E-state index < -0.39 is 5.60 Å². The number of hydrogen-bond donors (Lipinski definition) is 2. The van der Waals surface area contributed by atoms with Crippen LogP contribution < -0.4 is 10.1 Å². The first-order valence-corrected chi connectivity index (χ1v) is 7.66. The van der Waals surface area contributed by atoms with E-state index in [-0.39, 0.29) is 0 Å². The van der Waals surface area contributed by atoms with Gasteiger partial charge in [-0.15, -0.1) is 0 Å². The van der Waals surface area contributed by atoms with E-state index in [2.05, 4.69) is 24.4 Å². The van der Waals surface area contributed by atoms with E-state index in [4.69, 9.17) is 4.74 Å². The lowest BCUT2D eigenvalue weighted by atomic mass is 10.1. The van der Waals surface area contributed by atoms with Gasteiger partial charge in [-0.05, 0) is 38.0 Å². The molecule has 0 atom stereocenters. The first-order chi connectivity index (χ1) is 9.51. The van der Waals surface area contributed by atoms with Gasteiger partial charge in [0.25, 0.3) is 0 Å². The average Bonchev–Trinajstić information content (AvgIpc) is 2.39. The van der Waals surface area contributed by atoms with Gasteiger partial charge in [-0.25, -0.2) is 0 Å². The zero-order valence-corrected chi connectivity index (χ0v) is 13.1. The summed E-state index contributed by atoms with van der Waals surface area (Å²) >= 11 is 0. The van der Waals surface area contributed by atoms with Crippen molar-refractivity contribution in [3.05, 3.63) is 29.8 Å². The lowest BCUT2D eigenvalue weighted by Crippen LogP contribution is -2.34. The molecule has 114 valence electrons. The Kier molecular flexibility index (Phi) is 7.63. The van der Waals surface area contributed by atoms with Crippen molar-refractivity contribution < 1.29 is 9.84 Å². The second-order valence-electron chi connectivity index (χ2n) is 5.97. The summed E-state index contributed by atoms with van der Waals surface area (Å²) < 4.78 is 5.71. The van der Waals surface area contributed by atoms with Gasteiger partial charge in [0.05, 0.1) is 12.2 Å². The van der Waals surface area contributed by atoms with Gasteiger partial charge in [-0.3, -0.25) is 0 Å². The Morgan fingerprint density at radius 1 is 1.10 bits per heavy atom. The van der Waals surface area contributed by atoms with Crippen molar-refractivity contribution in [1.82, 2.24) is 5.32 Å². The highest BCUT2D eigenvalue weighted by Crippen LogP contribution is 2.13. The molecule has 0 saturated heterocycles. The van der Waals surface area contributed by atoms with Crippen molar-refractivity contribution in [2.45, 2.75) is 58.6 Å². The number of nitrogens with one attached hydrogen (secondary N) is 1. The van der Waals surface area contributed by atoms with Gasteiger partial charge in [-0.1, -0.05) is 38.3 Å². The molecule has 0 unspecified atom stereocenters. The lowest BCUT2D eigenvalue weighted by molar-refractivity contribution is 0.0795. The minimum atomic E-state index is -0.665. The van der Waals surface area contributed by atoms with Gasteiger partial charge >= 0.3 is 0 Å². The summed E-state index contributed by atoms with van der Waals surface area (Å²) in [6.45, 7) is 7.97. The maximum Gasteiger partial charge on any atom is 0.119 e. The molecule has 0 spiro atoms. The number of benzene rings is 1. The van der Waals surface area contributed by atoms with Gasteiger partial charge in [0.2, 0.25) is 0 Å². The predicted molar refractivity (Wildman–Crippen MR) is 84.1 cm³/mol. The number of aliphatic hydroxyl groups is 1. The second-order valence-corrected chi connectivity index (χ2v) is 5.97. The van der Waals surface area contributed by atoms with Crippen LogP contribution >= 0.6 is 0 Å². The molecule has 3 heteroatoms. The van der Waals surface area contributed by atoms with E-state index in [1.54, 1.807) is 13.8 Å². The van der Waals surface area contributed by atoms with Gasteiger partial charge in [0.15, 0.2) is 0 Å². The fourth-order valence-electron chi connectivity index (χ4n) is 1.94. The molecule has 0 saturated carbocycles. The topological polar surface area (TPSA) is 41.5 Å². The molecule has 1 aromatic carbocycles. The van der Waals surface area contributed by atoms with Crippen molar-refractivity contribution in [1.29, 1.82) is 0 Å². The summed E-state index contributed by atoms with van der Waals surface area (Å²) in [6, 6.07) is 8.17. The molecular weight excluding hydrogens is 250 g/mol. The molecule has 0 fully saturated rings. The first-order valence-electron chi connectivity index (χ1n) is 7.66. The third kappa shape index (κ3) is 8.18. The van der Waals surface area contributed by atoms with E-state index in [9.17, 15) is 5.11 Å². The molecule has 0 heterocycles. The maximum absolute atomic E-state index is 9.62. The molecule has 3 nitrogen and oxygen atoms in total. The van der Waals surface area contributed by atoms with Crippen molar-refractivity contribution in [2.75, 3.05) is 13.2 Å². The van der Waals surface area contributed by atoms with Crippen molar-refractivity contribution in [3.63, 3.8) is 0 Å². The molecular formula is C17H29NO2. The Morgan fingerprint density at radius 2 is 1.80 bits per heavy atom. The van der Waals surface area contributed by atoms with E-state index in [1.165, 1.54) is 24.8 Å². The van der Waals surface area contributed by atoms with Crippen LogP contribution in [0.15, 0.2) is 24.3 Å². The summed E-state index contributed by atoms with van der Waals surface area (Å²) in [5, 5.41) is 12.9. The lowest BCUT2D eigenvalue weighted by Gasteiger charge is -2.17. The summed E-state index contributed by atoms with van der Waals surface area (Å²) in [6.07, 6.45) is 4.92. The highest BCUT2D eigenvalue weighted by molar-refractivity contribution is 5.27. The van der Waals surface area contributed by atoms with Gasteiger partial charge < -0.3 is 15.2 Å². The fraction of sp³-hybridized carbons (Fsp3) is 0.647. The molecule has 1 aromatic rings. The van der Waals surface area contributed by atoms with Crippen LogP contribution in [0.4, 0.5) is 0 Å². The predicted octanol–water partition coefficient (Wildman–Crippen LogP) is 3.51. The van der Waals surface area contributed by atoms with Crippen LogP contribution in [0.5, 0.6) is 5.75 Å². The number of hydrogen-bond acceptors (Lipinski definition) is 3. The first kappa shape index (κ1) is 17.0. The Balaban J connectivity index is 2.22. The minimum absolute atomic E-state index is 0.586. The van der Waals surface area contributed by atoms with E-state index in [0.717, 1.165) is 25.3 Å². The zero-order chi connectivity index (χ0) is 14.8. The summed E-state index contributed by atoms with van der Waals surface area (Å²) in [7, 11) is 0. The standard InChI is InChI=1S/C17H29NO2/c1-4-5-6-7-12-20-16-10-8-15(9-11-16)13-18-14-17(2,3)19/h8-11,18-19H,4-7,12-14H2,1-3H3. The quantitative estimate of drug-likeness (QED) is 0.644. The van der Waals surface area contributed by atoms with Gasteiger partial charge in [0, 0.05) is 13.1 Å². The Morgan fingerprint density at radius 3 is 2.40 bits per heavy atom. The Bertz CT molecular complexity index is 354. The van der Waals surface area contributed by atoms with Crippen molar-refractivity contribution in [3.8, 4) is 5.75 Å². The molecule has 0 radical (unpaired) electrons. The molecule has 0 amide bonds. The number of ether oxygens (including phenoxy) is 1. The number of unbranched alkanes of at least 4 members (excludes halogenated alkanes) is 3. The van der Waals surface area contributed by atoms with E-state index in [0.29, 0.717) is 6.54 Å². The third-order valence-electron chi connectivity index (χ3n) is 3.08. The highest BCUT2D eigenvalue weighted by Gasteiger charge is 2.10. The van der Waals surface area contributed by atoms with Gasteiger partial charge in [0.1, 0.15) is 5.75 Å². The van der Waals surface area contributed by atoms with Crippen LogP contribution in [-0.4, -0.2) is 23.9 Å². The van der Waals surface area contributed by atoms with Crippen LogP contribution in [-0.2, 0) is 6.54 Å². The fourth-order valence-corrected chi connectivity index (χ4v) is 1.94. The molecule has 0 aliphatic heterocycles. The summed E-state index contributed by atoms with van der Waals surface area (Å²) in [4.78, 5) is 0. The third-order valence-corrected chi connectivity index (χ3v) is 3.08. The zero-order valence-electron chi connectivity index (χ0n) is 13.1. The highest BCUT2D eigenvalue weighted by atomic mass is 16.5. The van der Waals surface area contributed by atoms with Crippen LogP contribution in [0.25, 0.3) is 0 Å². The van der Waals surface area contributed by atoms with Crippen LogP contribution in [0, 0.1) is 0 Å². The molecule has 20 heavy (non-hydrogen) atoms. The van der Waals surface area contributed by atoms with E-state index >= 15 is 0 Å². The SMILES string of the molecule is CCCCCCOc1ccc(CNCC(C)(C)O)cc1. The van der Waals surface area contributed by atoms with Crippen LogP contribution in [0.1, 0.15) is 52.0 Å². The molecule has 0 aromatic heterocycles. The maximum atomic E-state index is 9.62. The molecule has 0 aliphatic carbocycles. The number of rotatable bonds is 10. The normalized spacial score (nSPS) is 11.6. The van der Waals surface area contributed by atoms with Crippen LogP contribution in [0.2, 0.25) is 0 Å². The summed E-state index contributed by atoms with van der Waals surface area (Å²) in [5.41, 5.74) is 0.536.